The van der Waals surface area contributed by atoms with Crippen LogP contribution in [0.25, 0.3) is 10.8 Å². The number of rotatable bonds is 8. The van der Waals surface area contributed by atoms with Crippen molar-refractivity contribution in [1.82, 2.24) is 0 Å². The lowest BCUT2D eigenvalue weighted by atomic mass is 10.1. The molecule has 0 spiro atoms. The average Bonchev–Trinajstić information content (AvgIpc) is 2.59. The SMILES string of the molecule is C=C(C)C(=O)OCCCCCOC(=O)c1cccc2ccccc12. The second kappa shape index (κ2) is 8.87. The Morgan fingerprint density at radius 2 is 1.58 bits per heavy atom. The van der Waals surface area contributed by atoms with E-state index in [2.05, 4.69) is 6.58 Å². The molecule has 0 bridgehead atoms. The molecule has 0 radical (unpaired) electrons. The fraction of sp³-hybridized carbons (Fsp3) is 0.300. The van der Waals surface area contributed by atoms with Crippen molar-refractivity contribution in [3.8, 4) is 0 Å². The molecule has 4 heteroatoms. The zero-order chi connectivity index (χ0) is 17.4. The van der Waals surface area contributed by atoms with E-state index in [0.717, 1.165) is 30.0 Å². The van der Waals surface area contributed by atoms with E-state index in [1.165, 1.54) is 0 Å². The Morgan fingerprint density at radius 3 is 2.33 bits per heavy atom. The highest BCUT2D eigenvalue weighted by molar-refractivity contribution is 6.04. The van der Waals surface area contributed by atoms with E-state index in [-0.39, 0.29) is 11.9 Å². The fourth-order valence-corrected chi connectivity index (χ4v) is 2.31. The molecule has 2 rings (SSSR count). The molecule has 0 heterocycles. The molecule has 0 N–H and O–H groups in total. The van der Waals surface area contributed by atoms with Crippen LogP contribution in [0.5, 0.6) is 0 Å². The number of hydrogen-bond donors (Lipinski definition) is 0. The molecule has 2 aromatic carbocycles. The van der Waals surface area contributed by atoms with Gasteiger partial charge in [-0.25, -0.2) is 9.59 Å². The summed E-state index contributed by atoms with van der Waals surface area (Å²) in [6.45, 7) is 5.86. The summed E-state index contributed by atoms with van der Waals surface area (Å²) in [5.74, 6) is -0.669. The number of esters is 2. The number of unbranched alkanes of at least 4 members (excludes halogenated alkanes) is 2. The first kappa shape index (κ1) is 17.7. The summed E-state index contributed by atoms with van der Waals surface area (Å²) >= 11 is 0. The van der Waals surface area contributed by atoms with E-state index < -0.39 is 0 Å². The van der Waals surface area contributed by atoms with Crippen LogP contribution < -0.4 is 0 Å². The number of hydrogen-bond acceptors (Lipinski definition) is 4. The van der Waals surface area contributed by atoms with Crippen molar-refractivity contribution in [1.29, 1.82) is 0 Å². The lowest BCUT2D eigenvalue weighted by Crippen LogP contribution is -2.08. The predicted octanol–water partition coefficient (Wildman–Crippen LogP) is 4.29. The van der Waals surface area contributed by atoms with Gasteiger partial charge in [-0.2, -0.15) is 0 Å². The second-order valence-corrected chi connectivity index (χ2v) is 5.64. The van der Waals surface area contributed by atoms with Gasteiger partial charge in [-0.15, -0.1) is 0 Å². The molecule has 0 amide bonds. The van der Waals surface area contributed by atoms with Gasteiger partial charge in [0, 0.05) is 5.57 Å². The van der Waals surface area contributed by atoms with Gasteiger partial charge >= 0.3 is 11.9 Å². The molecule has 126 valence electrons. The van der Waals surface area contributed by atoms with Gasteiger partial charge < -0.3 is 9.47 Å². The van der Waals surface area contributed by atoms with E-state index >= 15 is 0 Å². The minimum atomic E-state index is -0.364. The van der Waals surface area contributed by atoms with Crippen molar-refractivity contribution in [3.63, 3.8) is 0 Å². The molecule has 0 saturated carbocycles. The summed E-state index contributed by atoms with van der Waals surface area (Å²) in [5, 5.41) is 1.92. The summed E-state index contributed by atoms with van der Waals surface area (Å²) in [5.41, 5.74) is 0.988. The minimum absolute atomic E-state index is 0.305. The topological polar surface area (TPSA) is 52.6 Å². The monoisotopic (exact) mass is 326 g/mol. The largest absolute Gasteiger partial charge is 0.462 e. The van der Waals surface area contributed by atoms with Crippen LogP contribution in [0, 0.1) is 0 Å². The van der Waals surface area contributed by atoms with Gasteiger partial charge in [-0.05, 0) is 43.0 Å². The molecule has 0 saturated heterocycles. The van der Waals surface area contributed by atoms with Crippen LogP contribution >= 0.6 is 0 Å². The smallest absolute Gasteiger partial charge is 0.338 e. The van der Waals surface area contributed by atoms with Crippen LogP contribution in [0.4, 0.5) is 0 Å². The molecule has 0 aliphatic heterocycles. The number of carbonyl (C=O) groups excluding carboxylic acids is 2. The van der Waals surface area contributed by atoms with Crippen LogP contribution in [-0.4, -0.2) is 25.2 Å². The average molecular weight is 326 g/mol. The Hall–Kier alpha value is -2.62. The van der Waals surface area contributed by atoms with E-state index in [1.54, 1.807) is 13.0 Å². The maximum absolute atomic E-state index is 12.2. The highest BCUT2D eigenvalue weighted by Crippen LogP contribution is 2.19. The third kappa shape index (κ3) is 4.95. The van der Waals surface area contributed by atoms with Gasteiger partial charge in [0.2, 0.25) is 0 Å². The molecular formula is C20H22O4. The van der Waals surface area contributed by atoms with Gasteiger partial charge in [-0.1, -0.05) is 43.0 Å². The molecule has 0 unspecified atom stereocenters. The van der Waals surface area contributed by atoms with Crippen LogP contribution in [0.15, 0.2) is 54.6 Å². The molecule has 2 aromatic rings. The van der Waals surface area contributed by atoms with E-state index in [0.29, 0.717) is 24.4 Å². The maximum atomic E-state index is 12.2. The Kier molecular flexibility index (Phi) is 6.55. The number of ether oxygens (including phenoxy) is 2. The van der Waals surface area contributed by atoms with E-state index in [4.69, 9.17) is 9.47 Å². The first-order chi connectivity index (χ1) is 11.6. The van der Waals surface area contributed by atoms with Crippen LogP contribution in [0.3, 0.4) is 0 Å². The second-order valence-electron chi connectivity index (χ2n) is 5.64. The van der Waals surface area contributed by atoms with Crippen LogP contribution in [0.1, 0.15) is 36.5 Å². The number of benzene rings is 2. The molecule has 0 aliphatic carbocycles. The molecule has 4 nitrogen and oxygen atoms in total. The summed E-state index contributed by atoms with van der Waals surface area (Å²) in [6.07, 6.45) is 2.30. The Labute approximate surface area is 142 Å². The standard InChI is InChI=1S/C20H22O4/c1-15(2)19(21)23-13-6-3-7-14-24-20(22)18-12-8-10-16-9-4-5-11-17(16)18/h4-5,8-12H,1,3,6-7,13-14H2,2H3. The third-order valence-electron chi connectivity index (χ3n) is 3.61. The first-order valence-corrected chi connectivity index (χ1v) is 8.07. The summed E-state index contributed by atoms with van der Waals surface area (Å²) in [4.78, 5) is 23.4. The van der Waals surface area contributed by atoms with Crippen LogP contribution in [-0.2, 0) is 14.3 Å². The molecular weight excluding hydrogens is 304 g/mol. The Bertz CT molecular complexity index is 728. The lowest BCUT2D eigenvalue weighted by Gasteiger charge is -2.08. The zero-order valence-electron chi connectivity index (χ0n) is 13.9. The maximum Gasteiger partial charge on any atom is 0.338 e. The number of carbonyl (C=O) groups is 2. The third-order valence-corrected chi connectivity index (χ3v) is 3.61. The normalized spacial score (nSPS) is 10.4. The minimum Gasteiger partial charge on any atom is -0.462 e. The molecule has 0 aromatic heterocycles. The molecule has 0 fully saturated rings. The summed E-state index contributed by atoms with van der Waals surface area (Å²) in [6, 6.07) is 13.3. The quantitative estimate of drug-likeness (QED) is 0.412. The van der Waals surface area contributed by atoms with Gasteiger partial charge in [-0.3, -0.25) is 0 Å². The van der Waals surface area contributed by atoms with Crippen molar-refractivity contribution < 1.29 is 19.1 Å². The van der Waals surface area contributed by atoms with Crippen molar-refractivity contribution in [2.45, 2.75) is 26.2 Å². The molecule has 0 aliphatic rings. The van der Waals surface area contributed by atoms with E-state index in [1.807, 2.05) is 36.4 Å². The highest BCUT2D eigenvalue weighted by atomic mass is 16.5. The molecule has 0 atom stereocenters. The summed E-state index contributed by atoms with van der Waals surface area (Å²) < 4.78 is 10.3. The predicted molar refractivity (Wildman–Crippen MR) is 93.9 cm³/mol. The van der Waals surface area contributed by atoms with Crippen LogP contribution in [0.2, 0.25) is 0 Å². The number of fused-ring (bicyclic) bond motifs is 1. The van der Waals surface area contributed by atoms with Crippen molar-refractivity contribution in [3.05, 3.63) is 60.2 Å². The van der Waals surface area contributed by atoms with Gasteiger partial charge in [0.25, 0.3) is 0 Å². The van der Waals surface area contributed by atoms with Crippen molar-refractivity contribution in [2.24, 2.45) is 0 Å². The van der Waals surface area contributed by atoms with Crippen molar-refractivity contribution in [2.75, 3.05) is 13.2 Å². The first-order valence-electron chi connectivity index (χ1n) is 8.07. The molecule has 24 heavy (non-hydrogen) atoms. The summed E-state index contributed by atoms with van der Waals surface area (Å²) in [7, 11) is 0. The van der Waals surface area contributed by atoms with Gasteiger partial charge in [0.05, 0.1) is 18.8 Å². The van der Waals surface area contributed by atoms with Crippen molar-refractivity contribution >= 4 is 22.7 Å². The van der Waals surface area contributed by atoms with Gasteiger partial charge in [0.1, 0.15) is 0 Å². The Balaban J connectivity index is 1.72. The van der Waals surface area contributed by atoms with Gasteiger partial charge in [0.15, 0.2) is 0 Å². The lowest BCUT2D eigenvalue weighted by molar-refractivity contribution is -0.139. The van der Waals surface area contributed by atoms with E-state index in [9.17, 15) is 9.59 Å². The zero-order valence-corrected chi connectivity index (χ0v) is 13.9. The highest BCUT2D eigenvalue weighted by Gasteiger charge is 2.10. The Morgan fingerprint density at radius 1 is 0.917 bits per heavy atom. The fourth-order valence-electron chi connectivity index (χ4n) is 2.31.